The molecule has 0 bridgehead atoms. The van der Waals surface area contributed by atoms with Gasteiger partial charge in [0.2, 0.25) is 5.91 Å². The zero-order chi connectivity index (χ0) is 14.8. The molecule has 1 rings (SSSR count). The number of carbonyl (C=O) groups is 1. The highest BCUT2D eigenvalue weighted by Gasteiger charge is 2.05. The van der Waals surface area contributed by atoms with Crippen molar-refractivity contribution < 1.29 is 4.79 Å². The SMILES string of the molecule is CN=C(NCCC(=O)N(C)C)NCCC1=CCCCC1.I. The number of aliphatic imine (C=N–C) groups is 1. The maximum atomic E-state index is 11.5. The number of nitrogens with zero attached hydrogens (tertiary/aromatic N) is 2. The number of halogens is 1. The van der Waals surface area contributed by atoms with Crippen molar-refractivity contribution in [1.29, 1.82) is 0 Å². The number of amides is 1. The molecule has 0 saturated carbocycles. The van der Waals surface area contributed by atoms with Gasteiger partial charge in [-0.2, -0.15) is 0 Å². The number of rotatable bonds is 6. The summed E-state index contributed by atoms with van der Waals surface area (Å²) in [4.78, 5) is 17.2. The first-order valence-corrected chi connectivity index (χ1v) is 7.46. The summed E-state index contributed by atoms with van der Waals surface area (Å²) in [6.45, 7) is 1.51. The van der Waals surface area contributed by atoms with E-state index in [1.165, 1.54) is 25.7 Å². The topological polar surface area (TPSA) is 56.7 Å². The van der Waals surface area contributed by atoms with E-state index in [1.807, 2.05) is 0 Å². The standard InChI is InChI=1S/C15H28N4O.HI/c1-16-15(18-12-10-14(20)19(2)3)17-11-9-13-7-5-4-6-8-13;/h7H,4-6,8-12H2,1-3H3,(H2,16,17,18);1H. The number of hydrogen-bond donors (Lipinski definition) is 2. The van der Waals surface area contributed by atoms with Crippen molar-refractivity contribution >= 4 is 35.8 Å². The van der Waals surface area contributed by atoms with Gasteiger partial charge in [-0.25, -0.2) is 0 Å². The Morgan fingerprint density at radius 3 is 2.57 bits per heavy atom. The summed E-state index contributed by atoms with van der Waals surface area (Å²) in [6, 6.07) is 0. The zero-order valence-corrected chi connectivity index (χ0v) is 15.8. The predicted octanol–water partition coefficient (Wildman–Crippen LogP) is 2.14. The van der Waals surface area contributed by atoms with Gasteiger partial charge in [0.1, 0.15) is 0 Å². The molecule has 0 spiro atoms. The molecule has 0 heterocycles. The number of nitrogens with one attached hydrogen (secondary N) is 2. The van der Waals surface area contributed by atoms with E-state index in [9.17, 15) is 4.79 Å². The molecular formula is C15H29IN4O. The minimum Gasteiger partial charge on any atom is -0.356 e. The summed E-state index contributed by atoms with van der Waals surface area (Å²) in [5.74, 6) is 0.897. The second-order valence-electron chi connectivity index (χ2n) is 5.32. The van der Waals surface area contributed by atoms with Crippen LogP contribution in [0.15, 0.2) is 16.6 Å². The zero-order valence-electron chi connectivity index (χ0n) is 13.4. The maximum Gasteiger partial charge on any atom is 0.223 e. The third kappa shape index (κ3) is 8.95. The lowest BCUT2D eigenvalue weighted by molar-refractivity contribution is -0.128. The van der Waals surface area contributed by atoms with Crippen LogP contribution >= 0.6 is 24.0 Å². The fraction of sp³-hybridized carbons (Fsp3) is 0.733. The lowest BCUT2D eigenvalue weighted by Crippen LogP contribution is -2.39. The van der Waals surface area contributed by atoms with Gasteiger partial charge < -0.3 is 15.5 Å². The van der Waals surface area contributed by atoms with Crippen LogP contribution in [0, 0.1) is 0 Å². The molecule has 0 unspecified atom stereocenters. The number of hydrogen-bond acceptors (Lipinski definition) is 2. The molecular weight excluding hydrogens is 379 g/mol. The van der Waals surface area contributed by atoms with Gasteiger partial charge in [0.05, 0.1) is 0 Å². The Morgan fingerprint density at radius 2 is 2.00 bits per heavy atom. The summed E-state index contributed by atoms with van der Waals surface area (Å²) in [7, 11) is 5.30. The molecule has 1 aliphatic rings. The van der Waals surface area contributed by atoms with Crippen molar-refractivity contribution in [3.05, 3.63) is 11.6 Å². The summed E-state index contributed by atoms with van der Waals surface area (Å²) >= 11 is 0. The highest BCUT2D eigenvalue weighted by atomic mass is 127. The van der Waals surface area contributed by atoms with Crippen molar-refractivity contribution in [2.24, 2.45) is 4.99 Å². The quantitative estimate of drug-likeness (QED) is 0.307. The summed E-state index contributed by atoms with van der Waals surface area (Å²) in [6.07, 6.45) is 9.07. The van der Waals surface area contributed by atoms with E-state index in [0.717, 1.165) is 18.9 Å². The van der Waals surface area contributed by atoms with Gasteiger partial charge in [-0.05, 0) is 32.1 Å². The molecule has 2 N–H and O–H groups in total. The Kier molecular flexibility index (Phi) is 11.4. The van der Waals surface area contributed by atoms with Crippen molar-refractivity contribution in [3.8, 4) is 0 Å². The molecule has 0 radical (unpaired) electrons. The monoisotopic (exact) mass is 408 g/mol. The van der Waals surface area contributed by atoms with Crippen LogP contribution in [-0.4, -0.2) is 51.0 Å². The Bertz CT molecular complexity index is 367. The number of allylic oxidation sites excluding steroid dienone is 1. The Morgan fingerprint density at radius 1 is 1.29 bits per heavy atom. The largest absolute Gasteiger partial charge is 0.356 e. The molecule has 0 fully saturated rings. The minimum atomic E-state index is 0. The fourth-order valence-electron chi connectivity index (χ4n) is 2.21. The molecule has 0 aliphatic heterocycles. The molecule has 1 amide bonds. The van der Waals surface area contributed by atoms with Crippen LogP contribution in [-0.2, 0) is 4.79 Å². The number of carbonyl (C=O) groups excluding carboxylic acids is 1. The van der Waals surface area contributed by atoms with Gasteiger partial charge in [-0.15, -0.1) is 24.0 Å². The third-order valence-corrected chi connectivity index (χ3v) is 3.48. The second kappa shape index (κ2) is 11.8. The molecule has 0 atom stereocenters. The van der Waals surface area contributed by atoms with Crippen LogP contribution in [0.25, 0.3) is 0 Å². The Hall–Kier alpha value is -0.790. The molecule has 21 heavy (non-hydrogen) atoms. The average molecular weight is 408 g/mol. The van der Waals surface area contributed by atoms with E-state index in [1.54, 1.807) is 31.6 Å². The third-order valence-electron chi connectivity index (χ3n) is 3.48. The van der Waals surface area contributed by atoms with Crippen LogP contribution in [0.2, 0.25) is 0 Å². The maximum absolute atomic E-state index is 11.5. The molecule has 6 heteroatoms. The van der Waals surface area contributed by atoms with Gasteiger partial charge in [0.15, 0.2) is 5.96 Å². The summed E-state index contributed by atoms with van der Waals surface area (Å²) < 4.78 is 0. The van der Waals surface area contributed by atoms with E-state index in [-0.39, 0.29) is 29.9 Å². The smallest absolute Gasteiger partial charge is 0.223 e. The van der Waals surface area contributed by atoms with Crippen molar-refractivity contribution in [2.45, 2.75) is 38.5 Å². The van der Waals surface area contributed by atoms with E-state index in [0.29, 0.717) is 13.0 Å². The normalized spacial score (nSPS) is 14.8. The molecule has 5 nitrogen and oxygen atoms in total. The molecule has 0 aromatic heterocycles. The van der Waals surface area contributed by atoms with Gasteiger partial charge in [0, 0.05) is 40.7 Å². The van der Waals surface area contributed by atoms with Crippen LogP contribution in [0.1, 0.15) is 38.5 Å². The van der Waals surface area contributed by atoms with E-state index < -0.39 is 0 Å². The lowest BCUT2D eigenvalue weighted by Gasteiger charge is -2.15. The first-order chi connectivity index (χ1) is 9.63. The van der Waals surface area contributed by atoms with Gasteiger partial charge in [-0.3, -0.25) is 9.79 Å². The van der Waals surface area contributed by atoms with Crippen LogP contribution < -0.4 is 10.6 Å². The first-order valence-electron chi connectivity index (χ1n) is 7.46. The molecule has 1 aliphatic carbocycles. The fourth-order valence-corrected chi connectivity index (χ4v) is 2.21. The second-order valence-corrected chi connectivity index (χ2v) is 5.32. The minimum absolute atomic E-state index is 0. The van der Waals surface area contributed by atoms with E-state index in [2.05, 4.69) is 21.7 Å². The van der Waals surface area contributed by atoms with Crippen molar-refractivity contribution in [2.75, 3.05) is 34.2 Å². The first kappa shape index (κ1) is 20.2. The number of guanidine groups is 1. The molecule has 0 saturated heterocycles. The molecule has 0 aromatic rings. The Labute approximate surface area is 145 Å². The van der Waals surface area contributed by atoms with E-state index >= 15 is 0 Å². The predicted molar refractivity (Wildman–Crippen MR) is 99.3 cm³/mol. The van der Waals surface area contributed by atoms with Crippen molar-refractivity contribution in [3.63, 3.8) is 0 Å². The summed E-state index contributed by atoms with van der Waals surface area (Å²) in [5.41, 5.74) is 1.56. The van der Waals surface area contributed by atoms with Crippen LogP contribution in [0.3, 0.4) is 0 Å². The van der Waals surface area contributed by atoms with Gasteiger partial charge >= 0.3 is 0 Å². The molecule has 122 valence electrons. The molecule has 0 aromatic carbocycles. The Balaban J connectivity index is 0.00000400. The lowest BCUT2D eigenvalue weighted by atomic mass is 9.97. The highest BCUT2D eigenvalue weighted by Crippen LogP contribution is 2.19. The van der Waals surface area contributed by atoms with Crippen LogP contribution in [0.5, 0.6) is 0 Å². The van der Waals surface area contributed by atoms with Crippen molar-refractivity contribution in [1.82, 2.24) is 15.5 Å². The van der Waals surface area contributed by atoms with E-state index in [4.69, 9.17) is 0 Å². The van der Waals surface area contributed by atoms with Gasteiger partial charge in [-0.1, -0.05) is 11.6 Å². The van der Waals surface area contributed by atoms with Gasteiger partial charge in [0.25, 0.3) is 0 Å². The highest BCUT2D eigenvalue weighted by molar-refractivity contribution is 14.0. The van der Waals surface area contributed by atoms with Crippen LogP contribution in [0.4, 0.5) is 0 Å². The summed E-state index contributed by atoms with van der Waals surface area (Å²) in [5, 5.41) is 6.46. The average Bonchev–Trinajstić information content (AvgIpc) is 2.46.